The average molecular weight is 231 g/mol. The zero-order chi connectivity index (χ0) is 11.9. The molecule has 0 spiro atoms. The Hall–Kier alpha value is -1.97. The lowest BCUT2D eigenvalue weighted by molar-refractivity contribution is 0.564. The summed E-state index contributed by atoms with van der Waals surface area (Å²) >= 11 is 0. The molecule has 2 N–H and O–H groups in total. The van der Waals surface area contributed by atoms with Crippen LogP contribution in [0, 0.1) is 0 Å². The second kappa shape index (κ2) is 5.94. The van der Waals surface area contributed by atoms with E-state index in [1.807, 2.05) is 18.2 Å². The molecule has 0 saturated heterocycles. The number of hydrogen-bond donors (Lipinski definition) is 2. The van der Waals surface area contributed by atoms with Crippen molar-refractivity contribution in [2.45, 2.75) is 19.9 Å². The monoisotopic (exact) mass is 231 g/mol. The summed E-state index contributed by atoms with van der Waals surface area (Å²) in [5, 5.41) is 6.58. The van der Waals surface area contributed by atoms with Gasteiger partial charge >= 0.3 is 0 Å². The Morgan fingerprint density at radius 3 is 3.00 bits per heavy atom. The number of furan rings is 1. The molecule has 0 saturated carbocycles. The summed E-state index contributed by atoms with van der Waals surface area (Å²) in [5.41, 5.74) is 2.18. The van der Waals surface area contributed by atoms with Crippen molar-refractivity contribution >= 4 is 11.5 Å². The molecule has 0 aromatic carbocycles. The van der Waals surface area contributed by atoms with Crippen molar-refractivity contribution in [3.05, 3.63) is 42.5 Å². The van der Waals surface area contributed by atoms with Crippen molar-refractivity contribution in [2.24, 2.45) is 0 Å². The summed E-state index contributed by atoms with van der Waals surface area (Å²) in [6, 6.07) is 5.91. The second-order valence-corrected chi connectivity index (χ2v) is 3.84. The van der Waals surface area contributed by atoms with Gasteiger partial charge in [0.05, 0.1) is 12.5 Å². The third-order valence-electron chi connectivity index (χ3n) is 2.39. The highest BCUT2D eigenvalue weighted by molar-refractivity contribution is 5.51. The normalized spacial score (nSPS) is 10.2. The van der Waals surface area contributed by atoms with E-state index in [1.165, 1.54) is 0 Å². The summed E-state index contributed by atoms with van der Waals surface area (Å²) < 4.78 is 5.02. The zero-order valence-electron chi connectivity index (χ0n) is 9.94. The van der Waals surface area contributed by atoms with Gasteiger partial charge in [0.15, 0.2) is 0 Å². The molecule has 0 aliphatic heterocycles. The predicted molar refractivity (Wildman–Crippen MR) is 69.1 cm³/mol. The number of nitrogens with zero attached hydrogens (tertiary/aromatic N) is 1. The number of aromatic nitrogens is 1. The van der Waals surface area contributed by atoms with Crippen LogP contribution in [0.2, 0.25) is 0 Å². The largest absolute Gasteiger partial charge is 0.472 e. The molecule has 0 aliphatic carbocycles. The number of anilines is 2. The van der Waals surface area contributed by atoms with Crippen LogP contribution >= 0.6 is 0 Å². The van der Waals surface area contributed by atoms with Gasteiger partial charge in [0, 0.05) is 36.6 Å². The van der Waals surface area contributed by atoms with Crippen LogP contribution in [0.4, 0.5) is 11.5 Å². The molecular weight excluding hydrogens is 214 g/mol. The van der Waals surface area contributed by atoms with E-state index in [1.54, 1.807) is 18.7 Å². The third kappa shape index (κ3) is 3.52. The Kier molecular flexibility index (Phi) is 4.02. The van der Waals surface area contributed by atoms with Gasteiger partial charge in [0.25, 0.3) is 0 Å². The first-order chi connectivity index (χ1) is 8.38. The highest BCUT2D eigenvalue weighted by Crippen LogP contribution is 2.13. The highest BCUT2D eigenvalue weighted by Gasteiger charge is 1.97. The van der Waals surface area contributed by atoms with Crippen LogP contribution in [-0.4, -0.2) is 11.5 Å². The Balaban J connectivity index is 1.91. The van der Waals surface area contributed by atoms with E-state index in [4.69, 9.17) is 4.42 Å². The Labute approximate surface area is 101 Å². The molecule has 17 heavy (non-hydrogen) atoms. The van der Waals surface area contributed by atoms with Gasteiger partial charge in [0.2, 0.25) is 0 Å². The van der Waals surface area contributed by atoms with Crippen LogP contribution in [0.1, 0.15) is 18.9 Å². The standard InChI is InChI=1S/C13H17N3O/c1-2-5-14-13-8-12(3-6-15-13)16-9-11-4-7-17-10-11/h3-4,6-8,10H,2,5,9H2,1H3,(H2,14,15,16). The second-order valence-electron chi connectivity index (χ2n) is 3.84. The summed E-state index contributed by atoms with van der Waals surface area (Å²) in [7, 11) is 0. The molecule has 0 atom stereocenters. The van der Waals surface area contributed by atoms with Crippen LogP contribution in [0.15, 0.2) is 41.3 Å². The number of hydrogen-bond acceptors (Lipinski definition) is 4. The van der Waals surface area contributed by atoms with E-state index in [0.717, 1.165) is 36.6 Å². The summed E-state index contributed by atoms with van der Waals surface area (Å²) in [5.74, 6) is 0.907. The van der Waals surface area contributed by atoms with Crippen molar-refractivity contribution in [2.75, 3.05) is 17.2 Å². The van der Waals surface area contributed by atoms with Crippen LogP contribution in [0.3, 0.4) is 0 Å². The van der Waals surface area contributed by atoms with Crippen molar-refractivity contribution in [3.63, 3.8) is 0 Å². The van der Waals surface area contributed by atoms with Gasteiger partial charge in [-0.2, -0.15) is 0 Å². The van der Waals surface area contributed by atoms with E-state index in [0.29, 0.717) is 0 Å². The van der Waals surface area contributed by atoms with E-state index in [-0.39, 0.29) is 0 Å². The molecule has 0 fully saturated rings. The summed E-state index contributed by atoms with van der Waals surface area (Å²) in [4.78, 5) is 4.25. The predicted octanol–water partition coefficient (Wildman–Crippen LogP) is 3.11. The molecule has 0 unspecified atom stereocenters. The van der Waals surface area contributed by atoms with Gasteiger partial charge in [-0.25, -0.2) is 4.98 Å². The SMILES string of the molecule is CCCNc1cc(NCc2ccoc2)ccn1. The van der Waals surface area contributed by atoms with E-state index in [9.17, 15) is 0 Å². The fourth-order valence-electron chi connectivity index (χ4n) is 1.49. The van der Waals surface area contributed by atoms with Gasteiger partial charge in [-0.15, -0.1) is 0 Å². The Morgan fingerprint density at radius 1 is 1.29 bits per heavy atom. The van der Waals surface area contributed by atoms with Crippen LogP contribution in [0.5, 0.6) is 0 Å². The van der Waals surface area contributed by atoms with E-state index >= 15 is 0 Å². The number of pyridine rings is 1. The van der Waals surface area contributed by atoms with Crippen molar-refractivity contribution in [1.29, 1.82) is 0 Å². The third-order valence-corrected chi connectivity index (χ3v) is 2.39. The molecule has 0 aliphatic rings. The lowest BCUT2D eigenvalue weighted by Crippen LogP contribution is -2.03. The average Bonchev–Trinajstić information content (AvgIpc) is 2.87. The molecule has 0 radical (unpaired) electrons. The molecule has 0 bridgehead atoms. The molecule has 4 heteroatoms. The van der Waals surface area contributed by atoms with Crippen molar-refractivity contribution in [3.8, 4) is 0 Å². The first-order valence-corrected chi connectivity index (χ1v) is 5.83. The molecule has 4 nitrogen and oxygen atoms in total. The molecule has 90 valence electrons. The van der Waals surface area contributed by atoms with Gasteiger partial charge < -0.3 is 15.1 Å². The minimum atomic E-state index is 0.758. The maximum Gasteiger partial charge on any atom is 0.127 e. The fourth-order valence-corrected chi connectivity index (χ4v) is 1.49. The van der Waals surface area contributed by atoms with Crippen molar-refractivity contribution < 1.29 is 4.42 Å². The number of rotatable bonds is 6. The fraction of sp³-hybridized carbons (Fsp3) is 0.308. The van der Waals surface area contributed by atoms with Gasteiger partial charge in [0.1, 0.15) is 5.82 Å². The molecule has 2 heterocycles. The topological polar surface area (TPSA) is 50.1 Å². The molecule has 0 amide bonds. The minimum Gasteiger partial charge on any atom is -0.472 e. The first kappa shape index (κ1) is 11.5. The lowest BCUT2D eigenvalue weighted by Gasteiger charge is -2.07. The van der Waals surface area contributed by atoms with Gasteiger partial charge in [-0.3, -0.25) is 0 Å². The molecular formula is C13H17N3O. The van der Waals surface area contributed by atoms with Crippen LogP contribution in [-0.2, 0) is 6.54 Å². The van der Waals surface area contributed by atoms with Crippen molar-refractivity contribution in [1.82, 2.24) is 4.98 Å². The van der Waals surface area contributed by atoms with Crippen LogP contribution in [0.25, 0.3) is 0 Å². The minimum absolute atomic E-state index is 0.758. The number of nitrogens with one attached hydrogen (secondary N) is 2. The van der Waals surface area contributed by atoms with E-state index in [2.05, 4.69) is 22.5 Å². The molecule has 2 aromatic rings. The van der Waals surface area contributed by atoms with E-state index < -0.39 is 0 Å². The molecule has 2 aromatic heterocycles. The summed E-state index contributed by atoms with van der Waals surface area (Å²) in [6.07, 6.45) is 6.31. The van der Waals surface area contributed by atoms with Gasteiger partial charge in [-0.05, 0) is 18.6 Å². The lowest BCUT2D eigenvalue weighted by atomic mass is 10.3. The maximum absolute atomic E-state index is 5.02. The zero-order valence-corrected chi connectivity index (χ0v) is 9.94. The smallest absolute Gasteiger partial charge is 0.127 e. The van der Waals surface area contributed by atoms with Gasteiger partial charge in [-0.1, -0.05) is 6.92 Å². The maximum atomic E-state index is 5.02. The Bertz CT molecular complexity index is 440. The molecule has 2 rings (SSSR count). The Morgan fingerprint density at radius 2 is 2.24 bits per heavy atom. The highest BCUT2D eigenvalue weighted by atomic mass is 16.3. The quantitative estimate of drug-likeness (QED) is 0.802. The van der Waals surface area contributed by atoms with Crippen LogP contribution < -0.4 is 10.6 Å². The first-order valence-electron chi connectivity index (χ1n) is 5.83. The summed E-state index contributed by atoms with van der Waals surface area (Å²) in [6.45, 7) is 3.83.